The van der Waals surface area contributed by atoms with Gasteiger partial charge >= 0.3 is 0 Å². The molecule has 0 bridgehead atoms. The van der Waals surface area contributed by atoms with Gasteiger partial charge in [0, 0.05) is 42.6 Å². The van der Waals surface area contributed by atoms with Crippen LogP contribution in [0.3, 0.4) is 0 Å². The number of methoxy groups -OCH3 is 1. The summed E-state index contributed by atoms with van der Waals surface area (Å²) < 4.78 is 11.3. The number of pyridine rings is 1. The Bertz CT molecular complexity index is 804. The largest absolute Gasteiger partial charge is 0.493 e. The zero-order valence-corrected chi connectivity index (χ0v) is 19.4. The average molecular weight is 412 g/mol. The molecule has 0 spiro atoms. The third-order valence-electron chi connectivity index (χ3n) is 5.73. The molecular formula is C25H37N3O2. The maximum absolute atomic E-state index is 5.70. The second-order valence-corrected chi connectivity index (χ2v) is 9.63. The van der Waals surface area contributed by atoms with Crippen molar-refractivity contribution < 1.29 is 9.47 Å². The number of nitrogens with zero attached hydrogens (tertiary/aromatic N) is 2. The van der Waals surface area contributed by atoms with Crippen molar-refractivity contribution in [3.8, 4) is 11.5 Å². The highest BCUT2D eigenvalue weighted by Gasteiger charge is 2.39. The zero-order chi connectivity index (χ0) is 21.8. The molecule has 5 heteroatoms. The Balaban J connectivity index is 1.88. The molecule has 0 atom stereocenters. The van der Waals surface area contributed by atoms with Gasteiger partial charge in [-0.1, -0.05) is 6.07 Å². The lowest BCUT2D eigenvalue weighted by molar-refractivity contribution is 0.0563. The van der Waals surface area contributed by atoms with Crippen molar-refractivity contribution in [1.29, 1.82) is 0 Å². The topological polar surface area (TPSA) is 46.6 Å². The predicted molar refractivity (Wildman–Crippen MR) is 122 cm³/mol. The number of hydrogen-bond donors (Lipinski definition) is 1. The molecule has 0 radical (unpaired) electrons. The van der Waals surface area contributed by atoms with Crippen LogP contribution in [0.25, 0.3) is 0 Å². The van der Waals surface area contributed by atoms with Crippen LogP contribution in [0.15, 0.2) is 42.7 Å². The molecule has 3 rings (SSSR count). The summed E-state index contributed by atoms with van der Waals surface area (Å²) >= 11 is 0. The fourth-order valence-corrected chi connectivity index (χ4v) is 4.88. The van der Waals surface area contributed by atoms with E-state index in [0.29, 0.717) is 12.6 Å². The molecule has 164 valence electrons. The summed E-state index contributed by atoms with van der Waals surface area (Å²) in [5.41, 5.74) is 2.72. The van der Waals surface area contributed by atoms with Gasteiger partial charge in [0.2, 0.25) is 0 Å². The van der Waals surface area contributed by atoms with Crippen molar-refractivity contribution in [2.45, 2.75) is 77.7 Å². The Morgan fingerprint density at radius 1 is 0.967 bits per heavy atom. The summed E-state index contributed by atoms with van der Waals surface area (Å²) in [4.78, 5) is 6.79. The first-order valence-corrected chi connectivity index (χ1v) is 10.9. The molecule has 1 aromatic heterocycles. The van der Waals surface area contributed by atoms with Crippen molar-refractivity contribution >= 4 is 0 Å². The van der Waals surface area contributed by atoms with E-state index in [2.05, 4.69) is 67.2 Å². The van der Waals surface area contributed by atoms with E-state index in [1.165, 1.54) is 11.1 Å². The van der Waals surface area contributed by atoms with Gasteiger partial charge < -0.3 is 14.8 Å². The maximum Gasteiger partial charge on any atom is 0.161 e. The molecule has 0 unspecified atom stereocenters. The Morgan fingerprint density at radius 2 is 1.60 bits per heavy atom. The highest BCUT2D eigenvalue weighted by Crippen LogP contribution is 2.34. The van der Waals surface area contributed by atoms with Gasteiger partial charge in [0.15, 0.2) is 11.5 Å². The summed E-state index contributed by atoms with van der Waals surface area (Å²) in [6.45, 7) is 13.6. The van der Waals surface area contributed by atoms with Crippen molar-refractivity contribution in [2.75, 3.05) is 13.7 Å². The van der Waals surface area contributed by atoms with Crippen LogP contribution in [-0.2, 0) is 13.1 Å². The molecule has 1 aliphatic rings. The van der Waals surface area contributed by atoms with E-state index in [1.54, 1.807) is 7.11 Å². The Morgan fingerprint density at radius 3 is 2.20 bits per heavy atom. The summed E-state index contributed by atoms with van der Waals surface area (Å²) in [5.74, 6) is 1.60. The van der Waals surface area contributed by atoms with E-state index < -0.39 is 0 Å². The van der Waals surface area contributed by atoms with Gasteiger partial charge in [-0.2, -0.15) is 0 Å². The lowest BCUT2D eigenvalue weighted by Gasteiger charge is -2.49. The summed E-state index contributed by atoms with van der Waals surface area (Å²) in [6.07, 6.45) is 5.97. The van der Waals surface area contributed by atoms with Gasteiger partial charge in [-0.15, -0.1) is 0 Å². The van der Waals surface area contributed by atoms with Crippen LogP contribution in [0.5, 0.6) is 11.5 Å². The van der Waals surface area contributed by atoms with E-state index in [9.17, 15) is 0 Å². The van der Waals surface area contributed by atoms with Crippen LogP contribution in [0, 0.1) is 0 Å². The lowest BCUT2D eigenvalue weighted by atomic mass is 9.79. The molecule has 1 aliphatic heterocycles. The smallest absolute Gasteiger partial charge is 0.161 e. The van der Waals surface area contributed by atoms with E-state index in [-0.39, 0.29) is 11.1 Å². The van der Waals surface area contributed by atoms with Crippen molar-refractivity contribution in [3.63, 3.8) is 0 Å². The minimum Gasteiger partial charge on any atom is -0.493 e. The van der Waals surface area contributed by atoms with Crippen LogP contribution in [0.2, 0.25) is 0 Å². The quantitative estimate of drug-likeness (QED) is 0.676. The van der Waals surface area contributed by atoms with E-state index in [0.717, 1.165) is 37.4 Å². The van der Waals surface area contributed by atoms with Crippen LogP contribution >= 0.6 is 0 Å². The fraction of sp³-hybridized carbons (Fsp3) is 0.560. The Labute approximate surface area is 181 Å². The first-order valence-electron chi connectivity index (χ1n) is 10.9. The first kappa shape index (κ1) is 22.6. The van der Waals surface area contributed by atoms with Gasteiger partial charge in [-0.05, 0) is 82.9 Å². The molecule has 1 N–H and O–H groups in total. The monoisotopic (exact) mass is 411 g/mol. The Hall–Kier alpha value is -2.11. The standard InChI is InChI=1S/C25H37N3O2/c1-7-30-22-9-8-20(14-23(22)29-6)18-28(17-19-10-12-26-13-11-19)21-15-24(2,3)27-25(4,5)16-21/h8-14,21,27H,7,15-18H2,1-6H3. The van der Waals surface area contributed by atoms with Crippen LogP contribution in [0.4, 0.5) is 0 Å². The number of nitrogens with one attached hydrogen (secondary N) is 1. The normalized spacial score (nSPS) is 18.4. The first-order chi connectivity index (χ1) is 14.2. The lowest BCUT2D eigenvalue weighted by Crippen LogP contribution is -2.62. The number of aromatic nitrogens is 1. The summed E-state index contributed by atoms with van der Waals surface area (Å²) in [5, 5.41) is 3.81. The third-order valence-corrected chi connectivity index (χ3v) is 5.73. The predicted octanol–water partition coefficient (Wildman–Crippen LogP) is 4.80. The molecular weight excluding hydrogens is 374 g/mol. The molecule has 1 aromatic carbocycles. The Kier molecular flexibility index (Phi) is 7.04. The SMILES string of the molecule is CCOc1ccc(CN(Cc2ccncc2)C2CC(C)(C)NC(C)(C)C2)cc1OC. The van der Waals surface area contributed by atoms with Crippen molar-refractivity contribution in [1.82, 2.24) is 15.2 Å². The van der Waals surface area contributed by atoms with Gasteiger partial charge in [-0.3, -0.25) is 9.88 Å². The minimum absolute atomic E-state index is 0.0967. The van der Waals surface area contributed by atoms with Gasteiger partial charge in [0.05, 0.1) is 13.7 Å². The zero-order valence-electron chi connectivity index (χ0n) is 19.4. The highest BCUT2D eigenvalue weighted by molar-refractivity contribution is 5.43. The second-order valence-electron chi connectivity index (χ2n) is 9.63. The van der Waals surface area contributed by atoms with E-state index in [1.807, 2.05) is 25.4 Å². The van der Waals surface area contributed by atoms with Crippen molar-refractivity contribution in [3.05, 3.63) is 53.9 Å². The second kappa shape index (κ2) is 9.36. The highest BCUT2D eigenvalue weighted by atomic mass is 16.5. The number of benzene rings is 1. The molecule has 0 aliphatic carbocycles. The molecule has 1 saturated heterocycles. The molecule has 1 fully saturated rings. The molecule has 0 amide bonds. The van der Waals surface area contributed by atoms with Gasteiger partial charge in [0.1, 0.15) is 0 Å². The molecule has 2 heterocycles. The van der Waals surface area contributed by atoms with E-state index >= 15 is 0 Å². The third kappa shape index (κ3) is 5.96. The van der Waals surface area contributed by atoms with Crippen LogP contribution in [0.1, 0.15) is 58.6 Å². The number of piperidine rings is 1. The number of hydrogen-bond acceptors (Lipinski definition) is 5. The van der Waals surface area contributed by atoms with Crippen molar-refractivity contribution in [2.24, 2.45) is 0 Å². The average Bonchev–Trinajstić information content (AvgIpc) is 2.67. The van der Waals surface area contributed by atoms with E-state index in [4.69, 9.17) is 9.47 Å². The molecule has 2 aromatic rings. The number of ether oxygens (including phenoxy) is 2. The molecule has 0 saturated carbocycles. The molecule has 30 heavy (non-hydrogen) atoms. The summed E-state index contributed by atoms with van der Waals surface area (Å²) in [6, 6.07) is 11.0. The van der Waals surface area contributed by atoms with Crippen LogP contribution in [-0.4, -0.2) is 40.7 Å². The van der Waals surface area contributed by atoms with Gasteiger partial charge in [-0.25, -0.2) is 0 Å². The number of rotatable bonds is 8. The maximum atomic E-state index is 5.70. The fourth-order valence-electron chi connectivity index (χ4n) is 4.88. The van der Waals surface area contributed by atoms with Gasteiger partial charge in [0.25, 0.3) is 0 Å². The molecule has 5 nitrogen and oxygen atoms in total. The summed E-state index contributed by atoms with van der Waals surface area (Å²) in [7, 11) is 1.70. The van der Waals surface area contributed by atoms with Crippen LogP contribution < -0.4 is 14.8 Å². The minimum atomic E-state index is 0.0967.